The first-order valence-electron chi connectivity index (χ1n) is 14.3. The van der Waals surface area contributed by atoms with Crippen LogP contribution in [0, 0.1) is 0 Å². The monoisotopic (exact) mass is 595 g/mol. The first-order valence-corrected chi connectivity index (χ1v) is 15.7. The van der Waals surface area contributed by atoms with E-state index < -0.39 is 59.2 Å². The van der Waals surface area contributed by atoms with E-state index in [0.29, 0.717) is 6.61 Å². The summed E-state index contributed by atoms with van der Waals surface area (Å²) >= 11 is 0. The lowest BCUT2D eigenvalue weighted by molar-refractivity contribution is -0.478. The van der Waals surface area contributed by atoms with E-state index >= 15 is 0 Å². The highest BCUT2D eigenvalue weighted by atomic mass is 32.3. The lowest BCUT2D eigenvalue weighted by Gasteiger charge is -2.57. The molecular weight excluding hydrogens is 546 g/mol. The van der Waals surface area contributed by atoms with E-state index in [1.54, 1.807) is 27.7 Å². The number of rotatable bonds is 18. The molecule has 2 aliphatic heterocycles. The van der Waals surface area contributed by atoms with Gasteiger partial charge >= 0.3 is 10.4 Å². The maximum atomic E-state index is 12.2. The Morgan fingerprint density at radius 2 is 1.55 bits per heavy atom. The van der Waals surface area contributed by atoms with Gasteiger partial charge in [-0.25, -0.2) is 4.18 Å². The van der Waals surface area contributed by atoms with Crippen LogP contribution in [-0.4, -0.2) is 87.5 Å². The maximum absolute atomic E-state index is 12.2. The highest BCUT2D eigenvalue weighted by Gasteiger charge is 2.63. The Labute approximate surface area is 239 Å². The number of ether oxygens (including phenoxy) is 6. The van der Waals surface area contributed by atoms with Crippen LogP contribution < -0.4 is 5.32 Å². The van der Waals surface area contributed by atoms with E-state index in [0.717, 1.165) is 32.1 Å². The summed E-state index contributed by atoms with van der Waals surface area (Å²) in [6.45, 7) is 10.6. The van der Waals surface area contributed by atoms with Crippen molar-refractivity contribution in [1.82, 2.24) is 5.32 Å². The van der Waals surface area contributed by atoms with Gasteiger partial charge in [0.25, 0.3) is 0 Å². The first kappa shape index (κ1) is 35.0. The van der Waals surface area contributed by atoms with Crippen LogP contribution in [0.4, 0.5) is 0 Å². The number of hydrogen-bond acceptors (Lipinski definition) is 10. The summed E-state index contributed by atoms with van der Waals surface area (Å²) in [6, 6.07) is -0.818. The molecule has 40 heavy (non-hydrogen) atoms. The second-order valence-electron chi connectivity index (χ2n) is 10.3. The molecule has 2 aliphatic rings. The van der Waals surface area contributed by atoms with Crippen molar-refractivity contribution in [2.24, 2.45) is 0 Å². The Kier molecular flexibility index (Phi) is 14.4. The van der Waals surface area contributed by atoms with E-state index in [2.05, 4.69) is 21.7 Å². The SMILES string of the molecule is C/C=C\CCCCCCCCO[C@H]1O[C@H](COS(=O)(=O)O)[C@H]2OC(C)(OCC)C(C)(OCC)O[C@@H]2[C@H]1NC(C)=O. The summed E-state index contributed by atoms with van der Waals surface area (Å²) < 4.78 is 73.5. The maximum Gasteiger partial charge on any atom is 0.397 e. The summed E-state index contributed by atoms with van der Waals surface area (Å²) in [4.78, 5) is 12.2. The van der Waals surface area contributed by atoms with Gasteiger partial charge in [0.1, 0.15) is 24.4 Å². The Hall–Kier alpha value is -1.16. The average Bonchev–Trinajstić information content (AvgIpc) is 2.86. The molecule has 234 valence electrons. The summed E-state index contributed by atoms with van der Waals surface area (Å²) in [6.07, 6.45) is 7.76. The minimum atomic E-state index is -4.77. The van der Waals surface area contributed by atoms with Gasteiger partial charge in [-0.1, -0.05) is 37.8 Å². The molecule has 0 spiro atoms. The molecule has 0 saturated carbocycles. The zero-order valence-electron chi connectivity index (χ0n) is 24.8. The summed E-state index contributed by atoms with van der Waals surface area (Å²) in [7, 11) is -4.77. The molecule has 1 amide bonds. The van der Waals surface area contributed by atoms with Crippen molar-refractivity contribution >= 4 is 16.3 Å². The Morgan fingerprint density at radius 1 is 0.975 bits per heavy atom. The van der Waals surface area contributed by atoms with Crippen molar-refractivity contribution < 1.29 is 50.4 Å². The van der Waals surface area contributed by atoms with Crippen molar-refractivity contribution in [1.29, 1.82) is 0 Å². The van der Waals surface area contributed by atoms with Gasteiger partial charge < -0.3 is 33.7 Å². The van der Waals surface area contributed by atoms with Crippen LogP contribution in [0.3, 0.4) is 0 Å². The fourth-order valence-electron chi connectivity index (χ4n) is 5.06. The molecule has 2 saturated heterocycles. The molecule has 0 radical (unpaired) electrons. The van der Waals surface area contributed by atoms with Gasteiger partial charge in [-0.15, -0.1) is 0 Å². The molecule has 0 aromatic rings. The van der Waals surface area contributed by atoms with E-state index in [1.807, 2.05) is 6.92 Å². The molecule has 2 fully saturated rings. The predicted molar refractivity (Wildman–Crippen MR) is 147 cm³/mol. The van der Waals surface area contributed by atoms with Crippen LogP contribution in [0.5, 0.6) is 0 Å². The molecule has 0 aliphatic carbocycles. The van der Waals surface area contributed by atoms with Crippen LogP contribution in [0.25, 0.3) is 0 Å². The van der Waals surface area contributed by atoms with E-state index in [4.69, 9.17) is 28.4 Å². The number of carbonyl (C=O) groups excluding carboxylic acids is 1. The second kappa shape index (κ2) is 16.5. The molecule has 2 unspecified atom stereocenters. The third-order valence-corrected chi connectivity index (χ3v) is 7.50. The normalized spacial score (nSPS) is 32.7. The van der Waals surface area contributed by atoms with Crippen LogP contribution in [0.2, 0.25) is 0 Å². The van der Waals surface area contributed by atoms with Gasteiger partial charge in [-0.2, -0.15) is 8.42 Å². The fourth-order valence-corrected chi connectivity index (χ4v) is 5.36. The van der Waals surface area contributed by atoms with E-state index in [1.165, 1.54) is 19.8 Å². The minimum absolute atomic E-state index is 0.267. The average molecular weight is 596 g/mol. The second-order valence-corrected chi connectivity index (χ2v) is 11.3. The van der Waals surface area contributed by atoms with Gasteiger partial charge in [0.15, 0.2) is 6.29 Å². The van der Waals surface area contributed by atoms with Crippen molar-refractivity contribution in [3.8, 4) is 0 Å². The number of hydrogen-bond donors (Lipinski definition) is 2. The number of allylic oxidation sites excluding steroid dienone is 2. The highest BCUT2D eigenvalue weighted by molar-refractivity contribution is 7.80. The molecule has 0 bridgehead atoms. The molecule has 2 N–H and O–H groups in total. The molecule has 0 aromatic carbocycles. The molecule has 2 rings (SSSR count). The molecule has 0 aromatic heterocycles. The number of nitrogens with one attached hydrogen (secondary N) is 1. The zero-order valence-corrected chi connectivity index (χ0v) is 25.6. The molecule has 7 atom stereocenters. The van der Waals surface area contributed by atoms with E-state index in [9.17, 15) is 17.8 Å². The molecular formula is C27H49NO11S. The minimum Gasteiger partial charge on any atom is -0.350 e. The van der Waals surface area contributed by atoms with Gasteiger partial charge in [0, 0.05) is 26.7 Å². The van der Waals surface area contributed by atoms with Crippen LogP contribution in [0.1, 0.15) is 86.5 Å². The van der Waals surface area contributed by atoms with Gasteiger partial charge in [-0.3, -0.25) is 9.35 Å². The Morgan fingerprint density at radius 3 is 2.10 bits per heavy atom. The fraction of sp³-hybridized carbons (Fsp3) is 0.889. The summed E-state index contributed by atoms with van der Waals surface area (Å²) in [5, 5.41) is 2.84. The third kappa shape index (κ3) is 10.3. The summed E-state index contributed by atoms with van der Waals surface area (Å²) in [5.41, 5.74) is 0. The largest absolute Gasteiger partial charge is 0.397 e. The number of fused-ring (bicyclic) bond motifs is 1. The number of carbonyl (C=O) groups is 1. The molecule has 12 nitrogen and oxygen atoms in total. The van der Waals surface area contributed by atoms with Crippen molar-refractivity contribution in [2.45, 2.75) is 129 Å². The standard InChI is InChI=1S/C27H49NO11S/c1-7-10-11-12-13-14-15-16-17-18-33-25-22(28-20(4)29)24-23(21(37-25)19-36-40(30,31)32)38-26(5,34-8-2)27(6,39-24)35-9-3/h7,10,21-25H,8-9,11-19H2,1-6H3,(H,28,29)(H,30,31,32)/b10-7-/t21-,22-,23-,24-,25+,26?,27?/m1/s1. The smallest absolute Gasteiger partial charge is 0.350 e. The predicted octanol–water partition coefficient (Wildman–Crippen LogP) is 3.65. The van der Waals surface area contributed by atoms with Gasteiger partial charge in [0.05, 0.1) is 6.61 Å². The van der Waals surface area contributed by atoms with Crippen molar-refractivity contribution in [3.05, 3.63) is 12.2 Å². The quantitative estimate of drug-likeness (QED) is 0.136. The summed E-state index contributed by atoms with van der Waals surface area (Å²) in [5.74, 6) is -3.15. The molecule has 13 heteroatoms. The Balaban J connectivity index is 2.19. The number of amides is 1. The van der Waals surface area contributed by atoms with Crippen LogP contribution in [0.15, 0.2) is 12.2 Å². The van der Waals surface area contributed by atoms with E-state index in [-0.39, 0.29) is 19.1 Å². The zero-order chi connectivity index (χ0) is 29.8. The number of unbranched alkanes of at least 4 members (excludes halogenated alkanes) is 6. The van der Waals surface area contributed by atoms with Gasteiger partial charge in [0.2, 0.25) is 17.5 Å². The van der Waals surface area contributed by atoms with Crippen LogP contribution in [-0.2, 0) is 47.8 Å². The third-order valence-electron chi connectivity index (χ3n) is 7.07. The Bertz CT molecular complexity index is 901. The van der Waals surface area contributed by atoms with Crippen LogP contribution >= 0.6 is 0 Å². The first-order chi connectivity index (χ1) is 18.9. The lowest BCUT2D eigenvalue weighted by Crippen LogP contribution is -2.75. The topological polar surface area (TPSA) is 148 Å². The molecule has 2 heterocycles. The van der Waals surface area contributed by atoms with Crippen molar-refractivity contribution in [2.75, 3.05) is 26.4 Å². The van der Waals surface area contributed by atoms with Gasteiger partial charge in [-0.05, 0) is 53.9 Å². The van der Waals surface area contributed by atoms with Crippen molar-refractivity contribution in [3.63, 3.8) is 0 Å². The highest BCUT2D eigenvalue weighted by Crippen LogP contribution is 2.44. The lowest BCUT2D eigenvalue weighted by atomic mass is 9.92.